The molecular formula is C30H29N3O. The van der Waals surface area contributed by atoms with Crippen molar-refractivity contribution in [3.8, 4) is 16.9 Å². The van der Waals surface area contributed by atoms with Crippen molar-refractivity contribution in [2.75, 3.05) is 0 Å². The van der Waals surface area contributed by atoms with Gasteiger partial charge in [-0.25, -0.2) is 4.98 Å². The van der Waals surface area contributed by atoms with E-state index in [9.17, 15) is 0 Å². The average molecular weight is 448 g/mol. The van der Waals surface area contributed by atoms with Crippen molar-refractivity contribution in [3.05, 3.63) is 126 Å². The SMILES string of the molecule is N.c1ccc(CC2(Cc3ccccc3)CCc3c(cccc3-c3ccc4nccn4c3)O2)cc1. The van der Waals surface area contributed by atoms with E-state index in [1.807, 2.05) is 12.4 Å². The normalized spacial score (nSPS) is 14.1. The number of fused-ring (bicyclic) bond motifs is 2. The molecule has 0 radical (unpaired) electrons. The zero-order valence-electron chi connectivity index (χ0n) is 19.2. The molecule has 34 heavy (non-hydrogen) atoms. The van der Waals surface area contributed by atoms with Crippen LogP contribution in [0.5, 0.6) is 5.75 Å². The molecule has 0 unspecified atom stereocenters. The van der Waals surface area contributed by atoms with Crippen molar-refractivity contribution in [2.45, 2.75) is 31.3 Å². The molecule has 3 heterocycles. The van der Waals surface area contributed by atoms with Gasteiger partial charge < -0.3 is 15.3 Å². The van der Waals surface area contributed by atoms with Crippen molar-refractivity contribution in [3.63, 3.8) is 0 Å². The third-order valence-electron chi connectivity index (χ3n) is 6.73. The molecule has 0 saturated carbocycles. The standard InChI is InChI=1S/C30H26N2O.H3N/c1-3-8-23(9-4-1)20-30(21-24-10-5-2-6-11-24)17-16-27-26(12-7-13-28(27)33-30)25-14-15-29-31-18-19-32(29)22-25;/h1-15,18-19,22H,16-17,20-21H2;1H3. The van der Waals surface area contributed by atoms with Gasteiger partial charge in [-0.05, 0) is 53.3 Å². The highest BCUT2D eigenvalue weighted by Gasteiger charge is 2.37. The third-order valence-corrected chi connectivity index (χ3v) is 6.73. The molecule has 0 atom stereocenters. The quantitative estimate of drug-likeness (QED) is 0.326. The van der Waals surface area contributed by atoms with Gasteiger partial charge in [-0.3, -0.25) is 0 Å². The first kappa shape index (κ1) is 21.9. The Morgan fingerprint density at radius 3 is 2.21 bits per heavy atom. The van der Waals surface area contributed by atoms with Crippen LogP contribution < -0.4 is 10.9 Å². The molecular weight excluding hydrogens is 418 g/mol. The second-order valence-electron chi connectivity index (χ2n) is 9.00. The van der Waals surface area contributed by atoms with Gasteiger partial charge in [0, 0.05) is 37.0 Å². The van der Waals surface area contributed by atoms with Crippen LogP contribution >= 0.6 is 0 Å². The van der Waals surface area contributed by atoms with E-state index in [4.69, 9.17) is 4.74 Å². The second-order valence-corrected chi connectivity index (χ2v) is 9.00. The fraction of sp³-hybridized carbons (Fsp3) is 0.167. The molecule has 1 aliphatic rings. The zero-order chi connectivity index (χ0) is 22.1. The Balaban J connectivity index is 0.00000241. The van der Waals surface area contributed by atoms with E-state index in [1.54, 1.807) is 0 Å². The van der Waals surface area contributed by atoms with Crippen molar-refractivity contribution < 1.29 is 4.74 Å². The lowest BCUT2D eigenvalue weighted by atomic mass is 9.80. The van der Waals surface area contributed by atoms with Gasteiger partial charge in [0.25, 0.3) is 0 Å². The van der Waals surface area contributed by atoms with Crippen LogP contribution in [0.3, 0.4) is 0 Å². The smallest absolute Gasteiger partial charge is 0.136 e. The second kappa shape index (κ2) is 9.16. The maximum Gasteiger partial charge on any atom is 0.136 e. The number of ether oxygens (including phenoxy) is 1. The summed E-state index contributed by atoms with van der Waals surface area (Å²) in [6.07, 6.45) is 9.76. The highest BCUT2D eigenvalue weighted by atomic mass is 16.5. The maximum absolute atomic E-state index is 6.94. The fourth-order valence-electron chi connectivity index (χ4n) is 5.15. The molecule has 0 spiro atoms. The minimum Gasteiger partial charge on any atom is -0.486 e. The van der Waals surface area contributed by atoms with Gasteiger partial charge in [-0.1, -0.05) is 72.8 Å². The van der Waals surface area contributed by atoms with E-state index in [0.717, 1.165) is 37.1 Å². The van der Waals surface area contributed by atoms with Gasteiger partial charge in [0.05, 0.1) is 0 Å². The van der Waals surface area contributed by atoms with Crippen molar-refractivity contribution in [1.29, 1.82) is 0 Å². The van der Waals surface area contributed by atoms with Crippen LogP contribution in [0.1, 0.15) is 23.1 Å². The molecule has 0 amide bonds. The van der Waals surface area contributed by atoms with Crippen molar-refractivity contribution >= 4 is 5.65 Å². The van der Waals surface area contributed by atoms with Crippen LogP contribution in [0.15, 0.2) is 110 Å². The van der Waals surface area contributed by atoms with Crippen LogP contribution in [0.25, 0.3) is 16.8 Å². The molecule has 4 heteroatoms. The number of rotatable bonds is 5. The predicted molar refractivity (Wildman–Crippen MR) is 138 cm³/mol. The lowest BCUT2D eigenvalue weighted by Gasteiger charge is -2.40. The number of benzene rings is 3. The van der Waals surface area contributed by atoms with Gasteiger partial charge in [0.2, 0.25) is 0 Å². The van der Waals surface area contributed by atoms with E-state index in [-0.39, 0.29) is 11.8 Å². The van der Waals surface area contributed by atoms with Gasteiger partial charge in [-0.2, -0.15) is 0 Å². The minimum atomic E-state index is -0.261. The van der Waals surface area contributed by atoms with Gasteiger partial charge >= 0.3 is 0 Å². The number of aromatic nitrogens is 2. The zero-order valence-corrected chi connectivity index (χ0v) is 19.2. The summed E-state index contributed by atoms with van der Waals surface area (Å²) in [5.41, 5.74) is 7.08. The minimum absolute atomic E-state index is 0. The fourth-order valence-corrected chi connectivity index (χ4v) is 5.15. The summed E-state index contributed by atoms with van der Waals surface area (Å²) < 4.78 is 9.02. The molecule has 0 saturated heterocycles. The molecule has 2 aromatic heterocycles. The summed E-state index contributed by atoms with van der Waals surface area (Å²) in [6.45, 7) is 0. The number of hydrogen-bond acceptors (Lipinski definition) is 3. The molecule has 170 valence electrons. The third kappa shape index (κ3) is 4.20. The van der Waals surface area contributed by atoms with Crippen LogP contribution in [-0.4, -0.2) is 15.0 Å². The van der Waals surface area contributed by atoms with Crippen LogP contribution in [0.4, 0.5) is 0 Å². The molecule has 4 nitrogen and oxygen atoms in total. The number of pyridine rings is 1. The van der Waals surface area contributed by atoms with Gasteiger partial charge in [-0.15, -0.1) is 0 Å². The van der Waals surface area contributed by atoms with E-state index in [0.29, 0.717) is 0 Å². The lowest BCUT2D eigenvalue weighted by Crippen LogP contribution is -2.44. The van der Waals surface area contributed by atoms with E-state index in [2.05, 4.69) is 107 Å². The molecule has 1 aliphatic heterocycles. The summed E-state index contributed by atoms with van der Waals surface area (Å²) >= 11 is 0. The first-order valence-corrected chi connectivity index (χ1v) is 11.6. The Morgan fingerprint density at radius 1 is 0.794 bits per heavy atom. The Bertz CT molecular complexity index is 1350. The molecule has 6 rings (SSSR count). The topological polar surface area (TPSA) is 61.5 Å². The molecule has 0 bridgehead atoms. The lowest BCUT2D eigenvalue weighted by molar-refractivity contribution is 0.0466. The van der Waals surface area contributed by atoms with Crippen LogP contribution in [0.2, 0.25) is 0 Å². The van der Waals surface area contributed by atoms with Crippen molar-refractivity contribution in [2.24, 2.45) is 0 Å². The highest BCUT2D eigenvalue weighted by molar-refractivity contribution is 5.71. The Labute approximate surface area is 200 Å². The van der Waals surface area contributed by atoms with Crippen molar-refractivity contribution in [1.82, 2.24) is 15.5 Å². The molecule has 3 N–H and O–H groups in total. The van der Waals surface area contributed by atoms with E-state index in [1.165, 1.54) is 27.8 Å². The van der Waals surface area contributed by atoms with Crippen LogP contribution in [0, 0.1) is 0 Å². The summed E-state index contributed by atoms with van der Waals surface area (Å²) in [4.78, 5) is 4.38. The molecule has 0 fully saturated rings. The molecule has 5 aromatic rings. The predicted octanol–water partition coefficient (Wildman–Crippen LogP) is 6.71. The molecule has 3 aromatic carbocycles. The largest absolute Gasteiger partial charge is 0.486 e. The molecule has 0 aliphatic carbocycles. The number of imidazole rings is 1. The Kier molecular flexibility index (Phi) is 5.91. The monoisotopic (exact) mass is 447 g/mol. The van der Waals surface area contributed by atoms with Gasteiger partial charge in [0.15, 0.2) is 0 Å². The first-order valence-electron chi connectivity index (χ1n) is 11.6. The maximum atomic E-state index is 6.94. The Hall–Kier alpha value is -3.89. The summed E-state index contributed by atoms with van der Waals surface area (Å²) in [5, 5.41) is 0. The first-order chi connectivity index (χ1) is 16.3. The van der Waals surface area contributed by atoms with E-state index < -0.39 is 0 Å². The number of nitrogens with zero attached hydrogens (tertiary/aromatic N) is 2. The Morgan fingerprint density at radius 2 is 1.50 bits per heavy atom. The highest BCUT2D eigenvalue weighted by Crippen LogP contribution is 2.41. The van der Waals surface area contributed by atoms with E-state index >= 15 is 0 Å². The van der Waals surface area contributed by atoms with Gasteiger partial charge in [0.1, 0.15) is 17.0 Å². The van der Waals surface area contributed by atoms with Crippen LogP contribution in [-0.2, 0) is 19.3 Å². The number of hydrogen-bond donors (Lipinski definition) is 1. The summed E-state index contributed by atoms with van der Waals surface area (Å²) in [6, 6.07) is 32.2. The summed E-state index contributed by atoms with van der Waals surface area (Å²) in [7, 11) is 0. The average Bonchev–Trinajstić information content (AvgIpc) is 3.33. The summed E-state index contributed by atoms with van der Waals surface area (Å²) in [5.74, 6) is 1.01.